The number of anilines is 2. The number of amides is 1. The number of ether oxygens (including phenoxy) is 1. The first-order chi connectivity index (χ1) is 13.5. The number of aromatic nitrogens is 1. The third-order valence-electron chi connectivity index (χ3n) is 3.96. The number of pyridine rings is 1. The van der Waals surface area contributed by atoms with E-state index in [0.29, 0.717) is 18.0 Å². The van der Waals surface area contributed by atoms with E-state index in [1.807, 2.05) is 24.3 Å². The van der Waals surface area contributed by atoms with Crippen LogP contribution >= 0.6 is 0 Å². The first-order valence-corrected chi connectivity index (χ1v) is 8.25. The maximum Gasteiger partial charge on any atom is 0.257 e. The Morgan fingerprint density at radius 2 is 1.86 bits per heavy atom. The predicted molar refractivity (Wildman–Crippen MR) is 98.8 cm³/mol. The molecule has 1 heterocycles. The summed E-state index contributed by atoms with van der Waals surface area (Å²) in [4.78, 5) is 16.3. The number of methoxy groups -OCH3 is 1. The molecule has 3 rings (SSSR count). The minimum Gasteiger partial charge on any atom is -0.496 e. The Balaban J connectivity index is 1.72. The number of para-hydroxylation sites is 1. The van der Waals surface area contributed by atoms with E-state index in [9.17, 15) is 18.0 Å². The average Bonchev–Trinajstić information content (AvgIpc) is 2.73. The highest BCUT2D eigenvalue weighted by atomic mass is 19.2. The first-order valence-electron chi connectivity index (χ1n) is 8.25. The van der Waals surface area contributed by atoms with E-state index in [-0.39, 0.29) is 5.56 Å². The summed E-state index contributed by atoms with van der Waals surface area (Å²) in [5.74, 6) is -4.45. The van der Waals surface area contributed by atoms with Gasteiger partial charge in [-0.1, -0.05) is 18.2 Å². The van der Waals surface area contributed by atoms with Crippen LogP contribution in [0.3, 0.4) is 0 Å². The fourth-order valence-corrected chi connectivity index (χ4v) is 2.52. The third-order valence-corrected chi connectivity index (χ3v) is 3.96. The summed E-state index contributed by atoms with van der Waals surface area (Å²) in [5, 5.41) is 5.32. The molecule has 0 fully saturated rings. The SMILES string of the molecule is COc1ccccc1CNc1cncc(C(=O)Nc2ccc(F)c(F)c2F)c1. The zero-order valence-corrected chi connectivity index (χ0v) is 14.8. The van der Waals surface area contributed by atoms with E-state index in [1.165, 1.54) is 18.5 Å². The molecule has 2 aromatic carbocycles. The Labute approximate surface area is 159 Å². The number of benzene rings is 2. The van der Waals surface area contributed by atoms with Gasteiger partial charge in [-0.05, 0) is 24.3 Å². The summed E-state index contributed by atoms with van der Waals surface area (Å²) < 4.78 is 45.3. The summed E-state index contributed by atoms with van der Waals surface area (Å²) in [6.07, 6.45) is 2.80. The van der Waals surface area contributed by atoms with Gasteiger partial charge in [0.15, 0.2) is 17.5 Å². The molecule has 2 N–H and O–H groups in total. The van der Waals surface area contributed by atoms with Gasteiger partial charge in [-0.15, -0.1) is 0 Å². The Morgan fingerprint density at radius 3 is 2.64 bits per heavy atom. The Morgan fingerprint density at radius 1 is 1.07 bits per heavy atom. The van der Waals surface area contributed by atoms with Crippen LogP contribution in [0, 0.1) is 17.5 Å². The number of hydrogen-bond acceptors (Lipinski definition) is 4. The molecular formula is C20H16F3N3O2. The van der Waals surface area contributed by atoms with Gasteiger partial charge in [-0.3, -0.25) is 9.78 Å². The van der Waals surface area contributed by atoms with Crippen molar-refractivity contribution >= 4 is 17.3 Å². The van der Waals surface area contributed by atoms with Crippen LogP contribution in [0.4, 0.5) is 24.5 Å². The smallest absolute Gasteiger partial charge is 0.257 e. The van der Waals surface area contributed by atoms with E-state index in [1.54, 1.807) is 7.11 Å². The molecule has 144 valence electrons. The molecule has 5 nitrogen and oxygen atoms in total. The molecule has 0 aliphatic carbocycles. The highest BCUT2D eigenvalue weighted by Crippen LogP contribution is 2.22. The molecule has 0 bridgehead atoms. The van der Waals surface area contributed by atoms with Gasteiger partial charge in [-0.2, -0.15) is 0 Å². The monoisotopic (exact) mass is 387 g/mol. The van der Waals surface area contributed by atoms with Crippen LogP contribution in [0.15, 0.2) is 54.9 Å². The lowest BCUT2D eigenvalue weighted by Gasteiger charge is -2.11. The number of rotatable bonds is 6. The van der Waals surface area contributed by atoms with Crippen LogP contribution in [-0.4, -0.2) is 18.0 Å². The van der Waals surface area contributed by atoms with Crippen molar-refractivity contribution in [2.24, 2.45) is 0 Å². The quantitative estimate of drug-likeness (QED) is 0.617. The van der Waals surface area contributed by atoms with Crippen molar-refractivity contribution in [3.8, 4) is 5.75 Å². The highest BCUT2D eigenvalue weighted by Gasteiger charge is 2.16. The van der Waals surface area contributed by atoms with E-state index < -0.39 is 29.0 Å². The molecule has 1 aromatic heterocycles. The predicted octanol–water partition coefficient (Wildman–Crippen LogP) is 4.37. The van der Waals surface area contributed by atoms with Crippen molar-refractivity contribution in [1.82, 2.24) is 4.98 Å². The summed E-state index contributed by atoms with van der Waals surface area (Å²) >= 11 is 0. The maximum atomic E-state index is 13.7. The van der Waals surface area contributed by atoms with E-state index in [0.717, 1.165) is 17.7 Å². The second-order valence-electron chi connectivity index (χ2n) is 5.80. The zero-order chi connectivity index (χ0) is 20.1. The minimum absolute atomic E-state index is 0.120. The van der Waals surface area contributed by atoms with Gasteiger partial charge in [-0.25, -0.2) is 13.2 Å². The summed E-state index contributed by atoms with van der Waals surface area (Å²) in [6, 6.07) is 10.6. The minimum atomic E-state index is -1.65. The molecule has 0 atom stereocenters. The zero-order valence-electron chi connectivity index (χ0n) is 14.8. The van der Waals surface area contributed by atoms with Crippen LogP contribution in [0.1, 0.15) is 15.9 Å². The Bertz CT molecular complexity index is 1010. The molecule has 0 saturated carbocycles. The van der Waals surface area contributed by atoms with Gasteiger partial charge < -0.3 is 15.4 Å². The Kier molecular flexibility index (Phi) is 5.78. The van der Waals surface area contributed by atoms with Crippen LogP contribution < -0.4 is 15.4 Å². The molecule has 8 heteroatoms. The maximum absolute atomic E-state index is 13.7. The van der Waals surface area contributed by atoms with Crippen molar-refractivity contribution in [1.29, 1.82) is 0 Å². The van der Waals surface area contributed by atoms with Crippen molar-refractivity contribution in [3.05, 3.63) is 83.4 Å². The van der Waals surface area contributed by atoms with Gasteiger partial charge in [0.1, 0.15) is 5.75 Å². The molecule has 0 saturated heterocycles. The molecule has 0 aliphatic heterocycles. The molecule has 0 unspecified atom stereocenters. The van der Waals surface area contributed by atoms with Crippen LogP contribution in [0.2, 0.25) is 0 Å². The molecule has 3 aromatic rings. The number of hydrogen-bond donors (Lipinski definition) is 2. The summed E-state index contributed by atoms with van der Waals surface area (Å²) in [5.41, 5.74) is 1.11. The number of carbonyl (C=O) groups is 1. The van der Waals surface area contributed by atoms with Crippen molar-refractivity contribution in [3.63, 3.8) is 0 Å². The largest absolute Gasteiger partial charge is 0.496 e. The highest BCUT2D eigenvalue weighted by molar-refractivity contribution is 6.04. The van der Waals surface area contributed by atoms with Crippen LogP contribution in [0.25, 0.3) is 0 Å². The lowest BCUT2D eigenvalue weighted by atomic mass is 10.2. The number of nitrogens with zero attached hydrogens (tertiary/aromatic N) is 1. The molecule has 0 aliphatic rings. The van der Waals surface area contributed by atoms with E-state index in [2.05, 4.69) is 15.6 Å². The average molecular weight is 387 g/mol. The van der Waals surface area contributed by atoms with Gasteiger partial charge in [0.2, 0.25) is 0 Å². The van der Waals surface area contributed by atoms with E-state index in [4.69, 9.17) is 4.74 Å². The van der Waals surface area contributed by atoms with Crippen LogP contribution in [-0.2, 0) is 6.54 Å². The molecule has 28 heavy (non-hydrogen) atoms. The van der Waals surface area contributed by atoms with Gasteiger partial charge in [0.25, 0.3) is 5.91 Å². The molecule has 0 spiro atoms. The van der Waals surface area contributed by atoms with Gasteiger partial charge in [0.05, 0.1) is 24.0 Å². The van der Waals surface area contributed by atoms with Crippen LogP contribution in [0.5, 0.6) is 5.75 Å². The first kappa shape index (κ1) is 19.2. The van der Waals surface area contributed by atoms with Gasteiger partial charge >= 0.3 is 0 Å². The number of nitrogens with one attached hydrogen (secondary N) is 2. The second kappa shape index (κ2) is 8.43. The fourth-order valence-electron chi connectivity index (χ4n) is 2.52. The van der Waals surface area contributed by atoms with Crippen molar-refractivity contribution < 1.29 is 22.7 Å². The fraction of sp³-hybridized carbons (Fsp3) is 0.100. The standard InChI is InChI=1S/C20H16F3N3O2/c1-28-17-5-3-2-4-12(17)10-25-14-8-13(9-24-11-14)20(27)26-16-7-6-15(21)18(22)19(16)23/h2-9,11,25H,10H2,1H3,(H,26,27). The van der Waals surface area contributed by atoms with Gasteiger partial charge in [0, 0.05) is 24.5 Å². The normalized spacial score (nSPS) is 10.4. The number of carbonyl (C=O) groups excluding carboxylic acids is 1. The molecule has 0 radical (unpaired) electrons. The van der Waals surface area contributed by atoms with E-state index >= 15 is 0 Å². The summed E-state index contributed by atoms with van der Waals surface area (Å²) in [7, 11) is 1.57. The molecular weight excluding hydrogens is 371 g/mol. The van der Waals surface area contributed by atoms with Crippen molar-refractivity contribution in [2.45, 2.75) is 6.54 Å². The third kappa shape index (κ3) is 4.22. The topological polar surface area (TPSA) is 63.2 Å². The lowest BCUT2D eigenvalue weighted by molar-refractivity contribution is 0.102. The summed E-state index contributed by atoms with van der Waals surface area (Å²) in [6.45, 7) is 0.425. The number of halogens is 3. The van der Waals surface area contributed by atoms with Crippen molar-refractivity contribution in [2.75, 3.05) is 17.7 Å². The molecule has 1 amide bonds. The Hall–Kier alpha value is -3.55. The lowest BCUT2D eigenvalue weighted by Crippen LogP contribution is -2.14. The second-order valence-corrected chi connectivity index (χ2v) is 5.80.